The highest BCUT2D eigenvalue weighted by atomic mass is 127. The van der Waals surface area contributed by atoms with Gasteiger partial charge in [0.05, 0.1) is 0 Å². The van der Waals surface area contributed by atoms with Crippen molar-refractivity contribution in [1.82, 2.24) is 4.98 Å². The van der Waals surface area contributed by atoms with Crippen LogP contribution in [0.5, 0.6) is 0 Å². The fraction of sp³-hybridized carbons (Fsp3) is 0. The number of aromatic nitrogens is 1. The SMILES string of the molecule is Fc1ccc(C#Cc2cncc(I)c2)cc1. The highest BCUT2D eigenvalue weighted by Gasteiger charge is 1.91. The van der Waals surface area contributed by atoms with Crippen molar-refractivity contribution in [3.8, 4) is 11.8 Å². The van der Waals surface area contributed by atoms with Crippen LogP contribution in [0.4, 0.5) is 4.39 Å². The maximum atomic E-state index is 12.6. The fourth-order valence-electron chi connectivity index (χ4n) is 1.16. The summed E-state index contributed by atoms with van der Waals surface area (Å²) >= 11 is 2.18. The van der Waals surface area contributed by atoms with E-state index in [2.05, 4.69) is 39.4 Å². The number of hydrogen-bond acceptors (Lipinski definition) is 1. The van der Waals surface area contributed by atoms with E-state index in [1.54, 1.807) is 24.5 Å². The molecule has 0 atom stereocenters. The van der Waals surface area contributed by atoms with Gasteiger partial charge in [-0.3, -0.25) is 4.98 Å². The van der Waals surface area contributed by atoms with E-state index in [0.29, 0.717) is 0 Å². The molecule has 2 aromatic rings. The standard InChI is InChI=1S/C13H7FIN/c14-12-5-3-10(4-6-12)1-2-11-7-13(15)9-16-8-11/h3-9H. The molecule has 1 heterocycles. The van der Waals surface area contributed by atoms with Crippen molar-refractivity contribution in [3.63, 3.8) is 0 Å². The van der Waals surface area contributed by atoms with Crippen molar-refractivity contribution in [1.29, 1.82) is 0 Å². The summed E-state index contributed by atoms with van der Waals surface area (Å²) < 4.78 is 13.7. The molecule has 16 heavy (non-hydrogen) atoms. The van der Waals surface area contributed by atoms with Crippen LogP contribution in [0.2, 0.25) is 0 Å². The van der Waals surface area contributed by atoms with E-state index < -0.39 is 0 Å². The first-order valence-corrected chi connectivity index (χ1v) is 5.70. The number of nitrogens with zero attached hydrogens (tertiary/aromatic N) is 1. The van der Waals surface area contributed by atoms with Crippen LogP contribution in [0.15, 0.2) is 42.7 Å². The van der Waals surface area contributed by atoms with Gasteiger partial charge in [-0.2, -0.15) is 0 Å². The maximum absolute atomic E-state index is 12.6. The molecule has 1 aromatic heterocycles. The summed E-state index contributed by atoms with van der Waals surface area (Å²) in [5.74, 6) is 5.69. The Labute approximate surface area is 107 Å². The molecule has 0 saturated carbocycles. The summed E-state index contributed by atoms with van der Waals surface area (Å²) in [5.41, 5.74) is 1.65. The molecule has 0 unspecified atom stereocenters. The van der Waals surface area contributed by atoms with Crippen LogP contribution >= 0.6 is 22.6 Å². The largest absolute Gasteiger partial charge is 0.262 e. The smallest absolute Gasteiger partial charge is 0.123 e. The van der Waals surface area contributed by atoms with E-state index in [4.69, 9.17) is 0 Å². The molecule has 0 bridgehead atoms. The average Bonchev–Trinajstić information content (AvgIpc) is 2.28. The lowest BCUT2D eigenvalue weighted by Crippen LogP contribution is -1.81. The van der Waals surface area contributed by atoms with Crippen LogP contribution in [-0.2, 0) is 0 Å². The Balaban J connectivity index is 2.25. The van der Waals surface area contributed by atoms with E-state index in [-0.39, 0.29) is 5.82 Å². The fourth-order valence-corrected chi connectivity index (χ4v) is 1.65. The van der Waals surface area contributed by atoms with Gasteiger partial charge in [-0.25, -0.2) is 4.39 Å². The third-order valence-electron chi connectivity index (χ3n) is 1.90. The third kappa shape index (κ3) is 3.04. The molecule has 1 aromatic carbocycles. The Hall–Kier alpha value is -1.41. The minimum Gasteiger partial charge on any atom is -0.262 e. The molecule has 0 fully saturated rings. The predicted molar refractivity (Wildman–Crippen MR) is 69.3 cm³/mol. The predicted octanol–water partition coefficient (Wildman–Crippen LogP) is 3.23. The van der Waals surface area contributed by atoms with Gasteiger partial charge in [0.2, 0.25) is 0 Å². The van der Waals surface area contributed by atoms with Crippen LogP contribution in [-0.4, -0.2) is 4.98 Å². The van der Waals surface area contributed by atoms with Gasteiger partial charge in [0.15, 0.2) is 0 Å². The Kier molecular flexibility index (Phi) is 3.52. The molecule has 0 aliphatic heterocycles. The topological polar surface area (TPSA) is 12.9 Å². The summed E-state index contributed by atoms with van der Waals surface area (Å²) in [6.45, 7) is 0. The lowest BCUT2D eigenvalue weighted by atomic mass is 10.2. The molecule has 1 nitrogen and oxygen atoms in total. The first kappa shape index (κ1) is 11.1. The van der Waals surface area contributed by atoms with Gasteiger partial charge >= 0.3 is 0 Å². The molecule has 0 amide bonds. The number of hydrogen-bond donors (Lipinski definition) is 0. The highest BCUT2D eigenvalue weighted by Crippen LogP contribution is 2.05. The molecule has 0 N–H and O–H groups in total. The molecule has 3 heteroatoms. The summed E-state index contributed by atoms with van der Waals surface area (Å²) in [6.07, 6.45) is 3.47. The van der Waals surface area contributed by atoms with Gasteiger partial charge in [0.1, 0.15) is 5.82 Å². The van der Waals surface area contributed by atoms with Gasteiger partial charge in [-0.05, 0) is 52.9 Å². The van der Waals surface area contributed by atoms with Gasteiger partial charge in [-0.1, -0.05) is 11.8 Å². The van der Waals surface area contributed by atoms with E-state index in [1.165, 1.54) is 12.1 Å². The number of rotatable bonds is 0. The zero-order valence-electron chi connectivity index (χ0n) is 8.24. The van der Waals surface area contributed by atoms with Crippen molar-refractivity contribution in [2.24, 2.45) is 0 Å². The summed E-state index contributed by atoms with van der Waals surface area (Å²) in [5, 5.41) is 0. The highest BCUT2D eigenvalue weighted by molar-refractivity contribution is 14.1. The van der Waals surface area contributed by atoms with Crippen LogP contribution < -0.4 is 0 Å². The third-order valence-corrected chi connectivity index (χ3v) is 2.49. The molecule has 0 aliphatic carbocycles. The minimum atomic E-state index is -0.249. The van der Waals surface area contributed by atoms with Crippen LogP contribution in [0.3, 0.4) is 0 Å². The first-order valence-electron chi connectivity index (χ1n) is 4.62. The molecule has 0 radical (unpaired) electrons. The van der Waals surface area contributed by atoms with E-state index >= 15 is 0 Å². The Morgan fingerprint density at radius 3 is 2.38 bits per heavy atom. The van der Waals surface area contributed by atoms with Crippen LogP contribution in [0, 0.1) is 21.2 Å². The number of pyridine rings is 1. The number of halogens is 2. The zero-order valence-corrected chi connectivity index (χ0v) is 10.4. The summed E-state index contributed by atoms with van der Waals surface area (Å²) in [6, 6.07) is 8.06. The Bertz CT molecular complexity index is 552. The molecule has 78 valence electrons. The second kappa shape index (κ2) is 5.08. The molecular formula is C13H7FIN. The summed E-state index contributed by atoms with van der Waals surface area (Å²) in [4.78, 5) is 4.04. The van der Waals surface area contributed by atoms with Crippen molar-refractivity contribution in [3.05, 3.63) is 63.2 Å². The van der Waals surface area contributed by atoms with Gasteiger partial charge in [-0.15, -0.1) is 0 Å². The van der Waals surface area contributed by atoms with E-state index in [9.17, 15) is 4.39 Å². The van der Waals surface area contributed by atoms with Gasteiger partial charge in [0.25, 0.3) is 0 Å². The quantitative estimate of drug-likeness (QED) is 0.536. The normalized spacial score (nSPS) is 9.38. The maximum Gasteiger partial charge on any atom is 0.123 e. The Morgan fingerprint density at radius 2 is 1.69 bits per heavy atom. The molecule has 2 rings (SSSR count). The van der Waals surface area contributed by atoms with Crippen molar-refractivity contribution in [2.45, 2.75) is 0 Å². The van der Waals surface area contributed by atoms with E-state index in [0.717, 1.165) is 14.7 Å². The zero-order chi connectivity index (χ0) is 11.4. The van der Waals surface area contributed by atoms with Crippen molar-refractivity contribution in [2.75, 3.05) is 0 Å². The molecule has 0 aliphatic rings. The number of benzene rings is 1. The minimum absolute atomic E-state index is 0.249. The van der Waals surface area contributed by atoms with Crippen molar-refractivity contribution >= 4 is 22.6 Å². The lowest BCUT2D eigenvalue weighted by molar-refractivity contribution is 0.627. The molecule has 0 spiro atoms. The Morgan fingerprint density at radius 1 is 1.00 bits per heavy atom. The lowest BCUT2D eigenvalue weighted by Gasteiger charge is -1.91. The van der Waals surface area contributed by atoms with E-state index in [1.807, 2.05) is 6.07 Å². The monoisotopic (exact) mass is 323 g/mol. The average molecular weight is 323 g/mol. The van der Waals surface area contributed by atoms with Gasteiger partial charge in [0, 0.05) is 27.1 Å². The molecule has 0 saturated heterocycles. The molecular weight excluding hydrogens is 316 g/mol. The first-order chi connectivity index (χ1) is 7.74. The van der Waals surface area contributed by atoms with Crippen molar-refractivity contribution < 1.29 is 4.39 Å². The van der Waals surface area contributed by atoms with Gasteiger partial charge < -0.3 is 0 Å². The summed E-state index contributed by atoms with van der Waals surface area (Å²) in [7, 11) is 0. The van der Waals surface area contributed by atoms with Crippen LogP contribution in [0.1, 0.15) is 11.1 Å². The second-order valence-electron chi connectivity index (χ2n) is 3.15. The van der Waals surface area contributed by atoms with Crippen LogP contribution in [0.25, 0.3) is 0 Å². The second-order valence-corrected chi connectivity index (χ2v) is 4.39.